The van der Waals surface area contributed by atoms with E-state index in [0.29, 0.717) is 0 Å². The number of hydrogen-bond acceptors (Lipinski definition) is 6. The van der Waals surface area contributed by atoms with Crippen LogP contribution in [0.5, 0.6) is 0 Å². The van der Waals surface area contributed by atoms with Crippen molar-refractivity contribution in [3.63, 3.8) is 0 Å². The van der Waals surface area contributed by atoms with Crippen molar-refractivity contribution < 1.29 is 13.2 Å². The van der Waals surface area contributed by atoms with E-state index in [4.69, 9.17) is 5.53 Å². The van der Waals surface area contributed by atoms with Crippen LogP contribution in [0.25, 0.3) is 10.4 Å². The molecule has 0 aliphatic heterocycles. The van der Waals surface area contributed by atoms with Gasteiger partial charge in [-0.25, -0.2) is 13.4 Å². The summed E-state index contributed by atoms with van der Waals surface area (Å²) in [5, 5.41) is 6.22. The molecule has 7 nitrogen and oxygen atoms in total. The van der Waals surface area contributed by atoms with E-state index in [1.54, 1.807) is 11.4 Å². The van der Waals surface area contributed by atoms with Crippen molar-refractivity contribution in [1.29, 1.82) is 0 Å². The van der Waals surface area contributed by atoms with Crippen LogP contribution in [0.3, 0.4) is 0 Å². The average molecular weight is 314 g/mol. The van der Waals surface area contributed by atoms with Gasteiger partial charge in [0, 0.05) is 10.3 Å². The lowest BCUT2D eigenvalue weighted by Crippen LogP contribution is -2.03. The maximum absolute atomic E-state index is 12.0. The molecule has 10 heteroatoms. The Hall–Kier alpha value is -1.74. The van der Waals surface area contributed by atoms with Crippen molar-refractivity contribution in [2.24, 2.45) is 5.11 Å². The molecule has 0 aromatic carbocycles. The van der Waals surface area contributed by atoms with Crippen molar-refractivity contribution in [3.8, 4) is 0 Å². The van der Waals surface area contributed by atoms with Crippen LogP contribution in [0.1, 0.15) is 15.5 Å². The van der Waals surface area contributed by atoms with E-state index in [-0.39, 0.29) is 20.7 Å². The molecule has 0 atom stereocenters. The van der Waals surface area contributed by atoms with Gasteiger partial charge in [-0.15, -0.1) is 22.7 Å². The minimum atomic E-state index is -3.44. The molecule has 0 saturated carbocycles. The highest BCUT2D eigenvalue weighted by molar-refractivity contribution is 7.92. The largest absolute Gasteiger partial charge is 0.285 e. The number of azide groups is 1. The number of rotatable bonds is 4. The molecular formula is C9H6N4O3S3. The van der Waals surface area contributed by atoms with E-state index in [1.807, 2.05) is 0 Å². The van der Waals surface area contributed by atoms with Crippen molar-refractivity contribution in [2.45, 2.75) is 9.96 Å². The zero-order valence-electron chi connectivity index (χ0n) is 9.25. The zero-order chi connectivity index (χ0) is 13.9. The molecule has 0 bridgehead atoms. The molecule has 2 heterocycles. The van der Waals surface area contributed by atoms with Gasteiger partial charge in [0.2, 0.25) is 0 Å². The van der Waals surface area contributed by atoms with Gasteiger partial charge in [-0.05, 0) is 22.1 Å². The quantitative estimate of drug-likeness (QED) is 0.490. The number of nitrogens with zero attached hydrogens (tertiary/aromatic N) is 4. The molecule has 0 saturated heterocycles. The normalized spacial score (nSPS) is 10.9. The third-order valence-electron chi connectivity index (χ3n) is 2.02. The fraction of sp³-hybridized carbons (Fsp3) is 0.111. The molecule has 0 spiro atoms. The van der Waals surface area contributed by atoms with Gasteiger partial charge < -0.3 is 0 Å². The number of thiazole rings is 1. The summed E-state index contributed by atoms with van der Waals surface area (Å²) in [6.45, 7) is 0. The van der Waals surface area contributed by atoms with E-state index in [0.717, 1.165) is 22.7 Å². The predicted molar refractivity (Wildman–Crippen MR) is 70.8 cm³/mol. The third-order valence-corrected chi connectivity index (χ3v) is 6.17. The summed E-state index contributed by atoms with van der Waals surface area (Å²) < 4.78 is 24.2. The maximum atomic E-state index is 12.0. The van der Waals surface area contributed by atoms with E-state index < -0.39 is 15.7 Å². The number of carbonyl (C=O) groups excluding carboxylic acids is 1. The molecule has 0 unspecified atom stereocenters. The van der Waals surface area contributed by atoms with Gasteiger partial charge in [0.15, 0.2) is 9.84 Å². The molecular weight excluding hydrogens is 308 g/mol. The molecule has 0 radical (unpaired) electrons. The second-order valence-corrected chi connectivity index (χ2v) is 7.42. The second-order valence-electron chi connectivity index (χ2n) is 3.31. The molecule has 0 aliphatic rings. The van der Waals surface area contributed by atoms with Crippen LogP contribution < -0.4 is 0 Å². The lowest BCUT2D eigenvalue weighted by Gasteiger charge is -1.97. The highest BCUT2D eigenvalue weighted by Crippen LogP contribution is 2.22. The fourth-order valence-electron chi connectivity index (χ4n) is 1.24. The number of thiophene rings is 1. The molecule has 19 heavy (non-hydrogen) atoms. The number of aromatic nitrogens is 1. The number of amides is 1. The predicted octanol–water partition coefficient (Wildman–Crippen LogP) is 2.63. The molecule has 0 N–H and O–H groups in total. The Morgan fingerprint density at radius 3 is 2.89 bits per heavy atom. The van der Waals surface area contributed by atoms with Crippen LogP contribution in [0.4, 0.5) is 0 Å². The summed E-state index contributed by atoms with van der Waals surface area (Å²) in [6.07, 6.45) is 0. The first-order valence-corrected chi connectivity index (χ1v) is 8.24. The summed E-state index contributed by atoms with van der Waals surface area (Å²) in [5.41, 5.74) is 8.09. The zero-order valence-corrected chi connectivity index (χ0v) is 11.7. The van der Waals surface area contributed by atoms with Crippen LogP contribution in [0.2, 0.25) is 0 Å². The lowest BCUT2D eigenvalue weighted by molar-refractivity contribution is 0.0996. The topological polar surface area (TPSA) is 113 Å². The molecule has 0 aliphatic carbocycles. The van der Waals surface area contributed by atoms with Gasteiger partial charge in [0.25, 0.3) is 5.91 Å². The van der Waals surface area contributed by atoms with E-state index in [9.17, 15) is 13.2 Å². The molecule has 2 aromatic rings. The Balaban J connectivity index is 2.21. The molecule has 98 valence electrons. The standard InChI is InChI=1S/C9H6N4O3S3/c10-13-12-9(14)6-4-18-7(11-6)5-19(15,16)8-2-1-3-17-8/h1-4H,5H2. The van der Waals surface area contributed by atoms with Crippen LogP contribution in [0, 0.1) is 0 Å². The minimum Gasteiger partial charge on any atom is -0.285 e. The first-order chi connectivity index (χ1) is 9.03. The Morgan fingerprint density at radius 1 is 1.47 bits per heavy atom. The van der Waals surface area contributed by atoms with Gasteiger partial charge in [0.05, 0.1) is 0 Å². The molecule has 2 aromatic heterocycles. The van der Waals surface area contributed by atoms with Crippen molar-refractivity contribution in [1.82, 2.24) is 4.98 Å². The summed E-state index contributed by atoms with van der Waals surface area (Å²) >= 11 is 2.16. The van der Waals surface area contributed by atoms with Gasteiger partial charge in [-0.1, -0.05) is 6.07 Å². The Morgan fingerprint density at radius 2 is 2.26 bits per heavy atom. The second kappa shape index (κ2) is 5.49. The summed E-state index contributed by atoms with van der Waals surface area (Å²) in [5.74, 6) is -1.10. The van der Waals surface area contributed by atoms with E-state index in [2.05, 4.69) is 15.0 Å². The highest BCUT2D eigenvalue weighted by atomic mass is 32.2. The van der Waals surface area contributed by atoms with Crippen LogP contribution >= 0.6 is 22.7 Å². The lowest BCUT2D eigenvalue weighted by atomic mass is 10.5. The van der Waals surface area contributed by atoms with Crippen molar-refractivity contribution in [3.05, 3.63) is 44.0 Å². The Kier molecular flexibility index (Phi) is 3.96. The van der Waals surface area contributed by atoms with Gasteiger partial charge in [-0.2, -0.15) is 0 Å². The minimum absolute atomic E-state index is 0.0424. The molecule has 0 fully saturated rings. The number of hydrogen-bond donors (Lipinski definition) is 0. The van der Waals surface area contributed by atoms with E-state index in [1.165, 1.54) is 11.4 Å². The van der Waals surface area contributed by atoms with Crippen molar-refractivity contribution >= 4 is 38.4 Å². The van der Waals surface area contributed by atoms with Crippen LogP contribution in [-0.4, -0.2) is 19.3 Å². The molecule has 1 amide bonds. The SMILES string of the molecule is [N-]=[N+]=NC(=O)c1csc(CS(=O)(=O)c2cccs2)n1. The Labute approximate surface area is 116 Å². The third kappa shape index (κ3) is 3.18. The summed E-state index contributed by atoms with van der Waals surface area (Å²) in [6, 6.07) is 3.16. The van der Waals surface area contributed by atoms with Gasteiger partial charge in [0.1, 0.15) is 20.7 Å². The Bertz CT molecular complexity index is 742. The highest BCUT2D eigenvalue weighted by Gasteiger charge is 2.19. The first kappa shape index (κ1) is 13.7. The monoisotopic (exact) mass is 314 g/mol. The first-order valence-electron chi connectivity index (χ1n) is 4.83. The fourth-order valence-corrected chi connectivity index (χ4v) is 4.73. The molecule has 2 rings (SSSR count). The van der Waals surface area contributed by atoms with Crippen LogP contribution in [-0.2, 0) is 15.6 Å². The number of sulfone groups is 1. The van der Waals surface area contributed by atoms with Gasteiger partial charge in [-0.3, -0.25) is 4.79 Å². The average Bonchev–Trinajstić information content (AvgIpc) is 2.98. The van der Waals surface area contributed by atoms with Gasteiger partial charge >= 0.3 is 0 Å². The van der Waals surface area contributed by atoms with Crippen LogP contribution in [0.15, 0.2) is 32.2 Å². The van der Waals surface area contributed by atoms with Crippen molar-refractivity contribution in [2.75, 3.05) is 0 Å². The summed E-state index contributed by atoms with van der Waals surface area (Å²) in [7, 11) is -3.44. The van der Waals surface area contributed by atoms with E-state index >= 15 is 0 Å². The summed E-state index contributed by atoms with van der Waals surface area (Å²) in [4.78, 5) is 17.4. The maximum Gasteiger partial charge on any atom is 0.268 e. The number of carbonyl (C=O) groups is 1. The smallest absolute Gasteiger partial charge is 0.268 e.